The van der Waals surface area contributed by atoms with Crippen LogP contribution >= 0.6 is 0 Å². The van der Waals surface area contributed by atoms with Crippen LogP contribution in [0.15, 0.2) is 170 Å². The van der Waals surface area contributed by atoms with Gasteiger partial charge in [0.15, 0.2) is 0 Å². The zero-order valence-corrected chi connectivity index (χ0v) is 38.2. The number of hydrogen-bond donors (Lipinski definition) is 0. The van der Waals surface area contributed by atoms with Crippen LogP contribution in [0.5, 0.6) is 11.5 Å². The van der Waals surface area contributed by atoms with Crippen LogP contribution in [0.1, 0.15) is 71.9 Å². The molecular formula is C58H50N4OPt-2. The van der Waals surface area contributed by atoms with E-state index in [1.807, 2.05) is 55.7 Å². The van der Waals surface area contributed by atoms with Crippen molar-refractivity contribution in [2.45, 2.75) is 54.3 Å². The first-order chi connectivity index (χ1) is 36.1. The number of aromatic nitrogens is 4. The van der Waals surface area contributed by atoms with Gasteiger partial charge in [0.25, 0.3) is 6.33 Å². The van der Waals surface area contributed by atoms with Gasteiger partial charge in [-0.2, -0.15) is 18.2 Å². The molecule has 10 aromatic rings. The summed E-state index contributed by atoms with van der Waals surface area (Å²) in [6, 6.07) is 30.6. The molecule has 0 saturated heterocycles. The summed E-state index contributed by atoms with van der Waals surface area (Å²) in [7, 11) is 0. The second-order valence-electron chi connectivity index (χ2n) is 17.3. The zero-order valence-electron chi connectivity index (χ0n) is 49.9. The third-order valence-electron chi connectivity index (χ3n) is 10.2. The van der Waals surface area contributed by atoms with E-state index in [1.165, 1.54) is 22.8 Å². The molecule has 10 rings (SSSR count). The number of hydrogen-bond acceptors (Lipinski definition) is 2. The molecule has 0 saturated carbocycles. The van der Waals surface area contributed by atoms with Gasteiger partial charge >= 0.3 is 0 Å². The Morgan fingerprint density at radius 1 is 0.641 bits per heavy atom. The Morgan fingerprint density at radius 2 is 1.28 bits per heavy atom. The number of ether oxygens (including phenoxy) is 1. The van der Waals surface area contributed by atoms with E-state index in [1.54, 1.807) is 86.1 Å². The van der Waals surface area contributed by atoms with Crippen molar-refractivity contribution in [2.75, 3.05) is 0 Å². The molecule has 5 nitrogen and oxygen atoms in total. The predicted octanol–water partition coefficient (Wildman–Crippen LogP) is 14.1. The minimum atomic E-state index is -1.94. The van der Waals surface area contributed by atoms with Gasteiger partial charge in [-0.3, -0.25) is 4.57 Å². The smallest absolute Gasteiger partial charge is 0.268 e. The van der Waals surface area contributed by atoms with Crippen molar-refractivity contribution < 1.29 is 49.6 Å². The fourth-order valence-corrected chi connectivity index (χ4v) is 7.89. The third-order valence-corrected chi connectivity index (χ3v) is 10.2. The van der Waals surface area contributed by atoms with Crippen molar-refractivity contribution in [1.82, 2.24) is 14.1 Å². The maximum Gasteiger partial charge on any atom is 0.268 e. The van der Waals surface area contributed by atoms with Crippen molar-refractivity contribution in [3.8, 4) is 50.9 Å². The Morgan fingerprint density at radius 3 is 1.97 bits per heavy atom. The van der Waals surface area contributed by atoms with Gasteiger partial charge in [0.2, 0.25) is 0 Å². The van der Waals surface area contributed by atoms with Crippen LogP contribution in [-0.4, -0.2) is 14.1 Å². The number of fused-ring (bicyclic) bond motifs is 4. The van der Waals surface area contributed by atoms with Crippen molar-refractivity contribution in [1.29, 1.82) is 0 Å². The van der Waals surface area contributed by atoms with Crippen molar-refractivity contribution in [3.05, 3.63) is 199 Å². The molecule has 0 N–H and O–H groups in total. The maximum absolute atomic E-state index is 9.35. The van der Waals surface area contributed by atoms with Gasteiger partial charge in [-0.25, -0.2) is 4.98 Å². The van der Waals surface area contributed by atoms with Crippen molar-refractivity contribution in [3.63, 3.8) is 0 Å². The molecular weight excluding hydrogens is 964 g/mol. The van der Waals surface area contributed by atoms with Crippen LogP contribution in [-0.2, 0) is 33.8 Å². The van der Waals surface area contributed by atoms with E-state index in [-0.39, 0.29) is 60.3 Å². The maximum atomic E-state index is 9.35. The average molecular weight is 1030 g/mol. The molecule has 64 heavy (non-hydrogen) atoms. The van der Waals surface area contributed by atoms with Gasteiger partial charge in [0.1, 0.15) is 5.82 Å². The van der Waals surface area contributed by atoms with Crippen LogP contribution in [0.2, 0.25) is 0 Å². The summed E-state index contributed by atoms with van der Waals surface area (Å²) in [6.45, 7) is 10.9. The minimum Gasteiger partial charge on any atom is -0.510 e. The molecule has 320 valence electrons. The second kappa shape index (κ2) is 17.2. The minimum absolute atomic E-state index is 0. The number of pyridine rings is 1. The summed E-state index contributed by atoms with van der Waals surface area (Å²) in [5.74, 6) is 1.06. The van der Waals surface area contributed by atoms with Crippen LogP contribution in [0.3, 0.4) is 0 Å². The fourth-order valence-electron chi connectivity index (χ4n) is 7.89. The third kappa shape index (κ3) is 8.58. The molecule has 3 aromatic heterocycles. The molecule has 0 spiro atoms. The van der Waals surface area contributed by atoms with Crippen LogP contribution in [0, 0.1) is 29.3 Å². The van der Waals surface area contributed by atoms with E-state index in [9.17, 15) is 2.74 Å². The SMILES string of the molecule is [2H]c1c([2H])c([2H])c(-c2cccc(-c3c([2H])c([2H])c([2H])c([2H])c3[2H])c2-[n+]2[c-]n(-c3[c-]c(Oc4[c-]c5c(cc4)c4ccccc4n5-c4cc(C([2H])([2H])C(C)(C)C)ccn4)ccc3)c3ccc(C([2H])([2H])C(C)(C)C)cc32)c([2H])c1[2H].[Pt]. The first-order valence-electron chi connectivity index (χ1n) is 27.6. The largest absolute Gasteiger partial charge is 0.510 e. The van der Waals surface area contributed by atoms with E-state index in [0.29, 0.717) is 39.4 Å². The van der Waals surface area contributed by atoms with Gasteiger partial charge in [-0.1, -0.05) is 162 Å². The summed E-state index contributed by atoms with van der Waals surface area (Å²) in [6.07, 6.45) is 1.35. The summed E-state index contributed by atoms with van der Waals surface area (Å²) >= 11 is 0. The molecule has 6 heteroatoms. The van der Waals surface area contributed by atoms with E-state index in [2.05, 4.69) is 18.5 Å². The standard InChI is InChI=1S/C58H50N4O.Pt/c1-57(2,3)37-40-27-30-52-54(33-40)61(56-47(42-17-9-7-10-18-42)24-16-25-48(56)43-19-11-8-12-20-43)39-60(52)44-21-15-22-45(35-44)63-46-28-29-50-49-23-13-14-26-51(49)62(53(50)36-46)55-34-41(31-32-59-55)38-58(4,5)6;/h7-34H,37-38H2,1-6H3;/q-2;/i7D,8D,9D,10D,11D,12D,17D,18D,19D,20D,37D2,38D2;. The van der Waals surface area contributed by atoms with E-state index in [0.717, 1.165) is 16.3 Å². The Hall–Kier alpha value is -6.55. The number of nitrogens with zero attached hydrogens (tertiary/aromatic N) is 4. The second-order valence-corrected chi connectivity index (χ2v) is 17.3. The van der Waals surface area contributed by atoms with Gasteiger partial charge in [-0.05, 0) is 86.7 Å². The average Bonchev–Trinajstić information content (AvgIpc) is 4.09. The first kappa shape index (κ1) is 29.0. The molecule has 0 bridgehead atoms. The Kier molecular flexibility index (Phi) is 7.79. The molecule has 0 fully saturated rings. The molecule has 7 aromatic carbocycles. The fraction of sp³-hybridized carbons (Fsp3) is 0.172. The Balaban J connectivity index is 0.00000740. The Labute approximate surface area is 410 Å². The van der Waals surface area contributed by atoms with E-state index in [4.69, 9.17) is 26.2 Å². The number of para-hydroxylation sites is 2. The number of rotatable bonds is 9. The normalized spacial score (nSPS) is 15.5. The molecule has 0 aliphatic carbocycles. The number of imidazole rings is 1. The zero-order chi connectivity index (χ0) is 55.6. The molecule has 0 amide bonds. The summed E-state index contributed by atoms with van der Waals surface area (Å²) < 4.78 is 136. The monoisotopic (exact) mass is 1030 g/mol. The van der Waals surface area contributed by atoms with Gasteiger partial charge in [0.05, 0.1) is 30.4 Å². The van der Waals surface area contributed by atoms with Crippen LogP contribution in [0.4, 0.5) is 0 Å². The summed E-state index contributed by atoms with van der Waals surface area (Å²) in [5, 5.41) is 1.78. The predicted molar refractivity (Wildman–Crippen MR) is 257 cm³/mol. The summed E-state index contributed by atoms with van der Waals surface area (Å²) in [5.41, 5.74) is 1.30. The van der Waals surface area contributed by atoms with Gasteiger partial charge in [-0.15, -0.1) is 29.7 Å². The molecule has 0 atom stereocenters. The topological polar surface area (TPSA) is 35.9 Å². The van der Waals surface area contributed by atoms with E-state index >= 15 is 0 Å². The van der Waals surface area contributed by atoms with Crippen molar-refractivity contribution in [2.24, 2.45) is 10.8 Å². The first-order valence-corrected chi connectivity index (χ1v) is 20.6. The summed E-state index contributed by atoms with van der Waals surface area (Å²) in [4.78, 5) is 4.71. The molecule has 0 aliphatic rings. The molecule has 0 aliphatic heterocycles. The number of benzene rings is 7. The Bertz CT molecular complexity index is 3940. The quantitative estimate of drug-likeness (QED) is 0.107. The molecule has 0 radical (unpaired) electrons. The van der Waals surface area contributed by atoms with Crippen molar-refractivity contribution >= 4 is 32.8 Å². The van der Waals surface area contributed by atoms with E-state index < -0.39 is 84.0 Å². The van der Waals surface area contributed by atoms with Crippen LogP contribution in [0.25, 0.3) is 72.3 Å². The van der Waals surface area contributed by atoms with Crippen LogP contribution < -0.4 is 9.30 Å². The molecule has 3 heterocycles. The van der Waals surface area contributed by atoms with Gasteiger partial charge < -0.3 is 13.9 Å². The molecule has 0 unspecified atom stereocenters. The van der Waals surface area contributed by atoms with Gasteiger partial charge in [0, 0.05) is 49.8 Å².